The minimum Gasteiger partial charge on any atom is -0.493 e. The average molecular weight is 651 g/mol. The fourth-order valence-electron chi connectivity index (χ4n) is 5.18. The number of nitrogens with zero attached hydrogens (tertiary/aromatic N) is 1. The van der Waals surface area contributed by atoms with E-state index in [0.29, 0.717) is 25.1 Å². The molecule has 0 bridgehead atoms. The Morgan fingerprint density at radius 2 is 1.64 bits per heavy atom. The van der Waals surface area contributed by atoms with Gasteiger partial charge >= 0.3 is 0 Å². The highest BCUT2D eigenvalue weighted by molar-refractivity contribution is 6.01. The van der Waals surface area contributed by atoms with Gasteiger partial charge < -0.3 is 36.2 Å². The van der Waals surface area contributed by atoms with E-state index in [1.54, 1.807) is 24.3 Å². The Labute approximate surface area is 277 Å². The second-order valence-electron chi connectivity index (χ2n) is 12.5. The number of rotatable bonds is 10. The number of benzene rings is 2. The summed E-state index contributed by atoms with van der Waals surface area (Å²) in [7, 11) is 3.95. The third kappa shape index (κ3) is 13.1. The van der Waals surface area contributed by atoms with Gasteiger partial charge in [0.2, 0.25) is 23.6 Å². The zero-order valence-electron chi connectivity index (χ0n) is 28.0. The third-order valence-electron chi connectivity index (χ3n) is 7.63. The Kier molecular flexibility index (Phi) is 15.2. The van der Waals surface area contributed by atoms with Crippen LogP contribution >= 0.6 is 0 Å². The summed E-state index contributed by atoms with van der Waals surface area (Å²) < 4.78 is 5.89. The number of amides is 5. The van der Waals surface area contributed by atoms with Gasteiger partial charge in [0.1, 0.15) is 23.9 Å². The van der Waals surface area contributed by atoms with E-state index in [-0.39, 0.29) is 37.0 Å². The molecule has 12 heteroatoms. The highest BCUT2D eigenvalue weighted by atomic mass is 16.5. The molecule has 5 amide bonds. The molecule has 0 aromatic heterocycles. The Bertz CT molecular complexity index is 1330. The van der Waals surface area contributed by atoms with Crippen molar-refractivity contribution in [1.29, 1.82) is 0 Å². The highest BCUT2D eigenvalue weighted by Gasteiger charge is 2.30. The third-order valence-corrected chi connectivity index (χ3v) is 7.63. The van der Waals surface area contributed by atoms with Crippen LogP contribution in [-0.4, -0.2) is 92.9 Å². The molecule has 5 N–H and O–H groups in total. The predicted octanol–water partition coefficient (Wildman–Crippen LogP) is 1.79. The molecule has 0 unspecified atom stereocenters. The summed E-state index contributed by atoms with van der Waals surface area (Å²) in [6.07, 6.45) is 2.20. The lowest BCUT2D eigenvalue weighted by atomic mass is 10.0. The maximum absolute atomic E-state index is 13.6. The summed E-state index contributed by atoms with van der Waals surface area (Å²) in [6, 6.07) is 13.0. The van der Waals surface area contributed by atoms with Crippen molar-refractivity contribution in [3.8, 4) is 5.75 Å². The molecule has 0 spiro atoms. The summed E-state index contributed by atoms with van der Waals surface area (Å²) in [5, 5.41) is 14.0. The van der Waals surface area contributed by atoms with Crippen molar-refractivity contribution in [2.24, 2.45) is 5.92 Å². The van der Waals surface area contributed by atoms with E-state index in [9.17, 15) is 24.0 Å². The van der Waals surface area contributed by atoms with E-state index >= 15 is 0 Å². The number of carbonyl (C=O) groups excluding carboxylic acids is 5. The van der Waals surface area contributed by atoms with Crippen LogP contribution in [0.5, 0.6) is 5.75 Å². The van der Waals surface area contributed by atoms with Crippen LogP contribution in [0, 0.1) is 5.92 Å². The van der Waals surface area contributed by atoms with Crippen LogP contribution in [0.15, 0.2) is 54.6 Å². The Morgan fingerprint density at radius 3 is 2.36 bits per heavy atom. The normalized spacial score (nSPS) is 20.1. The molecular weight excluding hydrogens is 600 g/mol. The van der Waals surface area contributed by atoms with Crippen LogP contribution in [0.1, 0.15) is 61.9 Å². The molecule has 3 rings (SSSR count). The minimum absolute atomic E-state index is 0.0303. The molecule has 12 nitrogen and oxygen atoms in total. The molecule has 2 aromatic rings. The molecule has 0 saturated carbocycles. The molecule has 0 radical (unpaired) electrons. The first-order valence-corrected chi connectivity index (χ1v) is 16.4. The molecule has 2 aromatic carbocycles. The lowest BCUT2D eigenvalue weighted by molar-refractivity contribution is -0.133. The molecule has 0 fully saturated rings. The van der Waals surface area contributed by atoms with E-state index in [0.717, 1.165) is 24.9 Å². The zero-order chi connectivity index (χ0) is 34.2. The molecule has 47 heavy (non-hydrogen) atoms. The van der Waals surface area contributed by atoms with Gasteiger partial charge in [-0.3, -0.25) is 24.0 Å². The van der Waals surface area contributed by atoms with Gasteiger partial charge in [-0.05, 0) is 69.9 Å². The van der Waals surface area contributed by atoms with E-state index in [1.807, 2.05) is 58.3 Å². The fourth-order valence-corrected chi connectivity index (χ4v) is 5.18. The van der Waals surface area contributed by atoms with Crippen molar-refractivity contribution < 1.29 is 28.7 Å². The second kappa shape index (κ2) is 19.3. The van der Waals surface area contributed by atoms with E-state index in [1.165, 1.54) is 0 Å². The summed E-state index contributed by atoms with van der Waals surface area (Å²) in [4.78, 5) is 69.2. The van der Waals surface area contributed by atoms with Gasteiger partial charge in [-0.25, -0.2) is 0 Å². The maximum Gasteiger partial charge on any atom is 0.255 e. The molecule has 1 heterocycles. The topological polar surface area (TPSA) is 158 Å². The first-order chi connectivity index (χ1) is 22.5. The van der Waals surface area contributed by atoms with Gasteiger partial charge in [-0.1, -0.05) is 56.3 Å². The minimum atomic E-state index is -1.21. The standard InChI is InChI=1S/C35H50N6O6/c1-24(2)21-27-35(46)40-28(22-25-13-6-5-7-14-25)33(44)37-18-12-20-47-30-16-9-8-15-26(30)32(43)39-29(23-31(42)38-27)34(45)36-17-10-11-19-41(3)4/h5-9,13-16,24,27-29H,10-12,17-23H2,1-4H3,(H,36,45)(H,37,44)(H,38,42)(H,39,43)(H,40,46)/t27-,28-,29-/m0/s1. The van der Waals surface area contributed by atoms with Gasteiger partial charge in [0.15, 0.2) is 0 Å². The van der Waals surface area contributed by atoms with Crippen molar-refractivity contribution in [3.05, 3.63) is 65.7 Å². The van der Waals surface area contributed by atoms with Crippen LogP contribution in [0.25, 0.3) is 0 Å². The first kappa shape index (κ1) is 37.0. The number of hydrogen-bond donors (Lipinski definition) is 5. The van der Waals surface area contributed by atoms with E-state index in [4.69, 9.17) is 4.74 Å². The van der Waals surface area contributed by atoms with Gasteiger partial charge in [-0.2, -0.15) is 0 Å². The van der Waals surface area contributed by atoms with Crippen molar-refractivity contribution in [2.45, 2.75) is 70.5 Å². The summed E-state index contributed by atoms with van der Waals surface area (Å²) in [5.41, 5.74) is 1.08. The number of nitrogens with one attached hydrogen (secondary N) is 5. The van der Waals surface area contributed by atoms with Crippen molar-refractivity contribution in [1.82, 2.24) is 31.5 Å². The van der Waals surface area contributed by atoms with Gasteiger partial charge in [0.25, 0.3) is 5.91 Å². The van der Waals surface area contributed by atoms with Crippen LogP contribution in [0.3, 0.4) is 0 Å². The second-order valence-corrected chi connectivity index (χ2v) is 12.5. The zero-order valence-corrected chi connectivity index (χ0v) is 28.0. The van der Waals surface area contributed by atoms with Crippen molar-refractivity contribution in [3.63, 3.8) is 0 Å². The van der Waals surface area contributed by atoms with Crippen LogP contribution in [0.2, 0.25) is 0 Å². The Hall–Kier alpha value is -4.45. The monoisotopic (exact) mass is 650 g/mol. The number of para-hydroxylation sites is 1. The highest BCUT2D eigenvalue weighted by Crippen LogP contribution is 2.19. The molecule has 0 aliphatic carbocycles. The molecule has 0 saturated heterocycles. The van der Waals surface area contributed by atoms with Gasteiger partial charge in [0.05, 0.1) is 18.6 Å². The number of fused-ring (bicyclic) bond motifs is 1. The Morgan fingerprint density at radius 1 is 0.915 bits per heavy atom. The van der Waals surface area contributed by atoms with Crippen LogP contribution in [-0.2, 0) is 25.6 Å². The maximum atomic E-state index is 13.6. The van der Waals surface area contributed by atoms with Crippen LogP contribution < -0.4 is 31.3 Å². The molecular formula is C35H50N6O6. The largest absolute Gasteiger partial charge is 0.493 e. The summed E-state index contributed by atoms with van der Waals surface area (Å²) in [6.45, 7) is 5.57. The predicted molar refractivity (Wildman–Crippen MR) is 180 cm³/mol. The first-order valence-electron chi connectivity index (χ1n) is 16.4. The van der Waals surface area contributed by atoms with Crippen LogP contribution in [0.4, 0.5) is 0 Å². The quantitative estimate of drug-likeness (QED) is 0.245. The molecule has 1 aliphatic rings. The van der Waals surface area contributed by atoms with Crippen molar-refractivity contribution >= 4 is 29.5 Å². The Balaban J connectivity index is 1.87. The molecule has 3 atom stereocenters. The SMILES string of the molecule is CC(C)C[C@@H]1NC(=O)C[C@@H](C(=O)NCCCCN(C)C)NC(=O)c2ccccc2OCCCNC(=O)[C@H](Cc2ccccc2)NC1=O. The fraction of sp³-hybridized carbons (Fsp3) is 0.514. The molecule has 256 valence electrons. The average Bonchev–Trinajstić information content (AvgIpc) is 3.03. The van der Waals surface area contributed by atoms with E-state index < -0.39 is 48.2 Å². The molecule has 1 aliphatic heterocycles. The van der Waals surface area contributed by atoms with Gasteiger partial charge in [0, 0.05) is 19.5 Å². The van der Waals surface area contributed by atoms with Gasteiger partial charge in [-0.15, -0.1) is 0 Å². The summed E-state index contributed by atoms with van der Waals surface area (Å²) >= 11 is 0. The lowest BCUT2D eigenvalue weighted by Crippen LogP contribution is -2.56. The van der Waals surface area contributed by atoms with Crippen molar-refractivity contribution in [2.75, 3.05) is 40.3 Å². The smallest absolute Gasteiger partial charge is 0.255 e. The lowest BCUT2D eigenvalue weighted by Gasteiger charge is -2.25. The number of carbonyl (C=O) groups is 5. The number of unbranched alkanes of at least 4 members (excludes halogenated alkanes) is 1. The summed E-state index contributed by atoms with van der Waals surface area (Å²) in [5.74, 6) is -2.19. The van der Waals surface area contributed by atoms with E-state index in [2.05, 4.69) is 31.5 Å². The number of ether oxygens (including phenoxy) is 1. The number of hydrogen-bond acceptors (Lipinski definition) is 7.